The van der Waals surface area contributed by atoms with Gasteiger partial charge in [-0.25, -0.2) is 4.79 Å². The van der Waals surface area contributed by atoms with Gasteiger partial charge in [-0.3, -0.25) is 0 Å². The third kappa shape index (κ3) is 4.56. The van der Waals surface area contributed by atoms with E-state index in [0.29, 0.717) is 52.1 Å². The topological polar surface area (TPSA) is 90.9 Å². The predicted molar refractivity (Wildman–Crippen MR) is 137 cm³/mol. The number of esters is 1. The molecule has 9 nitrogen and oxygen atoms in total. The molecule has 2 aliphatic heterocycles. The van der Waals surface area contributed by atoms with Crippen molar-refractivity contribution in [3.05, 3.63) is 76.9 Å². The number of carbonyl (C=O) groups is 1. The SMILES string of the molecule is COc1ccc(C2OC(=O)C(c3ccc4c(c3)OC(OC)O4)=C2Cc2cc(OC)c(OC)c(OC)c2)cc1. The summed E-state index contributed by atoms with van der Waals surface area (Å²) < 4.78 is 44.2. The Morgan fingerprint density at radius 3 is 2.03 bits per heavy atom. The van der Waals surface area contributed by atoms with E-state index in [4.69, 9.17) is 37.9 Å². The van der Waals surface area contributed by atoms with E-state index in [1.807, 2.05) is 42.5 Å². The van der Waals surface area contributed by atoms with Crippen LogP contribution in [0.5, 0.6) is 34.5 Å². The Bertz CT molecular complexity index is 1350. The van der Waals surface area contributed by atoms with E-state index in [1.54, 1.807) is 40.6 Å². The lowest BCUT2D eigenvalue weighted by Crippen LogP contribution is -2.19. The fourth-order valence-electron chi connectivity index (χ4n) is 4.67. The van der Waals surface area contributed by atoms with Gasteiger partial charge >= 0.3 is 12.4 Å². The maximum Gasteiger partial charge on any atom is 0.360 e. The summed E-state index contributed by atoms with van der Waals surface area (Å²) in [6, 6.07) is 16.5. The Morgan fingerprint density at radius 2 is 1.42 bits per heavy atom. The van der Waals surface area contributed by atoms with Gasteiger partial charge in [-0.2, -0.15) is 0 Å². The van der Waals surface area contributed by atoms with Crippen LogP contribution >= 0.6 is 0 Å². The van der Waals surface area contributed by atoms with Crippen LogP contribution < -0.4 is 28.4 Å². The number of fused-ring (bicyclic) bond motifs is 1. The molecule has 0 bridgehead atoms. The molecule has 0 saturated heterocycles. The normalized spacial score (nSPS) is 17.9. The fourth-order valence-corrected chi connectivity index (χ4v) is 4.67. The Labute approximate surface area is 220 Å². The number of hydrogen-bond donors (Lipinski definition) is 0. The number of methoxy groups -OCH3 is 5. The van der Waals surface area contributed by atoms with Crippen LogP contribution in [0.15, 0.2) is 60.2 Å². The van der Waals surface area contributed by atoms with Crippen LogP contribution in [0.3, 0.4) is 0 Å². The first-order valence-electron chi connectivity index (χ1n) is 11.9. The maximum atomic E-state index is 13.4. The highest BCUT2D eigenvalue weighted by Crippen LogP contribution is 2.46. The molecule has 0 fully saturated rings. The minimum Gasteiger partial charge on any atom is -0.497 e. The first-order chi connectivity index (χ1) is 18.5. The molecule has 0 aliphatic carbocycles. The lowest BCUT2D eigenvalue weighted by atomic mass is 9.90. The summed E-state index contributed by atoms with van der Waals surface area (Å²) in [6.45, 7) is -0.837. The van der Waals surface area contributed by atoms with Crippen LogP contribution in [-0.2, 0) is 20.7 Å². The number of hydrogen-bond acceptors (Lipinski definition) is 9. The highest BCUT2D eigenvalue weighted by Gasteiger charge is 2.37. The minimum absolute atomic E-state index is 0.379. The van der Waals surface area contributed by atoms with Gasteiger partial charge in [0.2, 0.25) is 5.75 Å². The first kappa shape index (κ1) is 25.3. The number of ether oxygens (including phenoxy) is 8. The molecule has 38 heavy (non-hydrogen) atoms. The number of carbonyl (C=O) groups excluding carboxylic acids is 1. The second-order valence-electron chi connectivity index (χ2n) is 8.59. The van der Waals surface area contributed by atoms with E-state index in [-0.39, 0.29) is 0 Å². The van der Waals surface area contributed by atoms with Crippen molar-refractivity contribution in [1.29, 1.82) is 0 Å². The van der Waals surface area contributed by atoms with Crippen molar-refractivity contribution >= 4 is 11.5 Å². The van der Waals surface area contributed by atoms with E-state index < -0.39 is 18.5 Å². The van der Waals surface area contributed by atoms with E-state index in [2.05, 4.69) is 0 Å². The van der Waals surface area contributed by atoms with Crippen LogP contribution in [0.25, 0.3) is 5.57 Å². The zero-order chi connectivity index (χ0) is 26.8. The fraction of sp³-hybridized carbons (Fsp3) is 0.276. The molecule has 2 unspecified atom stereocenters. The third-order valence-electron chi connectivity index (χ3n) is 6.48. The molecular weight excluding hydrogens is 492 g/mol. The highest BCUT2D eigenvalue weighted by molar-refractivity contribution is 6.20. The number of rotatable bonds is 9. The molecule has 2 aliphatic rings. The standard InChI is InChI=1S/C29H28O9/c1-31-19-9-6-17(7-10-19)26-20(12-16-13-23(32-2)27(34-4)24(14-16)33-3)25(28(30)38-26)18-8-11-21-22(15-18)37-29(35-5)36-21/h6-11,13-15,26,29H,12H2,1-5H3. The molecular formula is C29H28O9. The van der Waals surface area contributed by atoms with Gasteiger partial charge in [0.15, 0.2) is 23.0 Å². The minimum atomic E-state index is -0.837. The van der Waals surface area contributed by atoms with Gasteiger partial charge in [0.05, 0.1) is 34.0 Å². The summed E-state index contributed by atoms with van der Waals surface area (Å²) in [7, 11) is 7.77. The summed E-state index contributed by atoms with van der Waals surface area (Å²) >= 11 is 0. The van der Waals surface area contributed by atoms with Crippen LogP contribution in [-0.4, -0.2) is 48.0 Å². The van der Waals surface area contributed by atoms with Crippen molar-refractivity contribution in [3.63, 3.8) is 0 Å². The number of benzene rings is 3. The number of cyclic esters (lactones) is 1. The van der Waals surface area contributed by atoms with Crippen molar-refractivity contribution in [2.24, 2.45) is 0 Å². The van der Waals surface area contributed by atoms with Gasteiger partial charge in [-0.1, -0.05) is 18.2 Å². The van der Waals surface area contributed by atoms with Gasteiger partial charge in [0, 0.05) is 7.11 Å². The van der Waals surface area contributed by atoms with E-state index >= 15 is 0 Å². The first-order valence-corrected chi connectivity index (χ1v) is 11.9. The van der Waals surface area contributed by atoms with Gasteiger partial charge in [0.25, 0.3) is 0 Å². The smallest absolute Gasteiger partial charge is 0.360 e. The summed E-state index contributed by atoms with van der Waals surface area (Å²) in [6.07, 6.45) is -0.233. The van der Waals surface area contributed by atoms with Gasteiger partial charge in [-0.05, 0) is 65.1 Å². The average Bonchev–Trinajstić information content (AvgIpc) is 3.52. The molecule has 0 saturated carbocycles. The zero-order valence-corrected chi connectivity index (χ0v) is 21.7. The maximum absolute atomic E-state index is 13.4. The highest BCUT2D eigenvalue weighted by atomic mass is 16.9. The molecule has 2 heterocycles. The quantitative estimate of drug-likeness (QED) is 0.372. The van der Waals surface area contributed by atoms with Crippen molar-refractivity contribution in [2.75, 3.05) is 35.5 Å². The Kier molecular flexibility index (Phi) is 7.02. The van der Waals surface area contributed by atoms with Crippen molar-refractivity contribution in [3.8, 4) is 34.5 Å². The molecule has 0 radical (unpaired) electrons. The largest absolute Gasteiger partial charge is 0.497 e. The van der Waals surface area contributed by atoms with Crippen LogP contribution in [0.2, 0.25) is 0 Å². The summed E-state index contributed by atoms with van der Waals surface area (Å²) in [5.74, 6) is 2.81. The molecule has 3 aromatic carbocycles. The zero-order valence-electron chi connectivity index (χ0n) is 21.7. The summed E-state index contributed by atoms with van der Waals surface area (Å²) in [4.78, 5) is 13.4. The van der Waals surface area contributed by atoms with Gasteiger partial charge < -0.3 is 37.9 Å². The predicted octanol–water partition coefficient (Wildman–Crippen LogP) is 4.72. The van der Waals surface area contributed by atoms with Gasteiger partial charge in [-0.15, -0.1) is 0 Å². The van der Waals surface area contributed by atoms with Gasteiger partial charge in [0.1, 0.15) is 11.9 Å². The molecule has 0 aromatic heterocycles. The summed E-state index contributed by atoms with van der Waals surface area (Å²) in [5.41, 5.74) is 3.54. The third-order valence-corrected chi connectivity index (χ3v) is 6.48. The van der Waals surface area contributed by atoms with E-state index in [1.165, 1.54) is 7.11 Å². The van der Waals surface area contributed by atoms with Crippen molar-refractivity contribution < 1.29 is 42.7 Å². The molecule has 3 aromatic rings. The van der Waals surface area contributed by atoms with E-state index in [0.717, 1.165) is 16.7 Å². The molecule has 9 heteroatoms. The second kappa shape index (κ2) is 10.5. The molecule has 0 spiro atoms. The van der Waals surface area contributed by atoms with Crippen LogP contribution in [0.1, 0.15) is 22.8 Å². The molecule has 0 N–H and O–H groups in total. The second-order valence-corrected chi connectivity index (χ2v) is 8.59. The Morgan fingerprint density at radius 1 is 0.737 bits per heavy atom. The molecule has 2 atom stereocenters. The Balaban J connectivity index is 1.62. The monoisotopic (exact) mass is 520 g/mol. The van der Waals surface area contributed by atoms with E-state index in [9.17, 15) is 4.79 Å². The average molecular weight is 521 g/mol. The van der Waals surface area contributed by atoms with Crippen molar-refractivity contribution in [2.45, 2.75) is 19.0 Å². The van der Waals surface area contributed by atoms with Crippen LogP contribution in [0, 0.1) is 0 Å². The molecule has 0 amide bonds. The summed E-state index contributed by atoms with van der Waals surface area (Å²) in [5, 5.41) is 0. The lowest BCUT2D eigenvalue weighted by molar-refractivity contribution is -0.157. The molecule has 198 valence electrons. The van der Waals surface area contributed by atoms with Crippen molar-refractivity contribution in [1.82, 2.24) is 0 Å². The van der Waals surface area contributed by atoms with Crippen LogP contribution in [0.4, 0.5) is 0 Å². The lowest BCUT2D eigenvalue weighted by Gasteiger charge is -2.18. The Hall–Kier alpha value is -4.37. The molecule has 5 rings (SSSR count).